The van der Waals surface area contributed by atoms with Crippen molar-refractivity contribution in [3.8, 4) is 0 Å². The van der Waals surface area contributed by atoms with Crippen LogP contribution in [0.15, 0.2) is 53.4 Å². The molecule has 0 atom stereocenters. The Morgan fingerprint density at radius 2 is 1.81 bits per heavy atom. The molecule has 1 aliphatic rings. The minimum Gasteiger partial charge on any atom is -0.478 e. The second-order valence-corrected chi connectivity index (χ2v) is 6.58. The second-order valence-electron chi connectivity index (χ2n) is 5.58. The van der Waals surface area contributed by atoms with Crippen LogP contribution >= 0.6 is 11.8 Å². The molecule has 0 radical (unpaired) electrons. The number of aromatic carboxylic acids is 1. The number of non-ortho nitro benzene ring substituents is 1. The summed E-state index contributed by atoms with van der Waals surface area (Å²) in [5.41, 5.74) is 0.832. The highest BCUT2D eigenvalue weighted by molar-refractivity contribution is 8.18. The van der Waals surface area contributed by atoms with Crippen molar-refractivity contribution in [1.29, 1.82) is 0 Å². The third-order valence-electron chi connectivity index (χ3n) is 3.84. The molecule has 0 aliphatic carbocycles. The normalized spacial score (nSPS) is 15.4. The number of nitro groups is 1. The summed E-state index contributed by atoms with van der Waals surface area (Å²) < 4.78 is 0. The summed E-state index contributed by atoms with van der Waals surface area (Å²) in [7, 11) is 0. The van der Waals surface area contributed by atoms with Gasteiger partial charge in [0, 0.05) is 12.1 Å². The first kappa shape index (κ1) is 18.3. The largest absolute Gasteiger partial charge is 0.478 e. The van der Waals surface area contributed by atoms with Gasteiger partial charge in [0.05, 0.1) is 21.9 Å². The molecule has 0 spiro atoms. The van der Waals surface area contributed by atoms with E-state index in [0.717, 1.165) is 16.7 Å². The minimum absolute atomic E-state index is 0.0272. The summed E-state index contributed by atoms with van der Waals surface area (Å²) in [6.07, 6.45) is 1.38. The van der Waals surface area contributed by atoms with Crippen LogP contribution in [0, 0.1) is 10.1 Å². The minimum atomic E-state index is -1.13. The summed E-state index contributed by atoms with van der Waals surface area (Å²) in [5, 5.41) is 19.4. The summed E-state index contributed by atoms with van der Waals surface area (Å²) in [6.45, 7) is -0.0272. The lowest BCUT2D eigenvalue weighted by atomic mass is 10.1. The molecule has 1 saturated heterocycles. The Balaban J connectivity index is 1.83. The van der Waals surface area contributed by atoms with Gasteiger partial charge in [-0.25, -0.2) is 4.79 Å². The molecule has 1 N–H and O–H groups in total. The monoisotopic (exact) mass is 384 g/mol. The van der Waals surface area contributed by atoms with Crippen molar-refractivity contribution in [2.24, 2.45) is 0 Å². The molecule has 2 amide bonds. The number of rotatable bonds is 5. The van der Waals surface area contributed by atoms with Gasteiger partial charge in [0.1, 0.15) is 0 Å². The first-order valence-corrected chi connectivity index (χ1v) is 8.49. The van der Waals surface area contributed by atoms with Crippen LogP contribution in [0.2, 0.25) is 0 Å². The fourth-order valence-electron chi connectivity index (χ4n) is 2.50. The molecule has 1 heterocycles. The number of thioether (sulfide) groups is 1. The van der Waals surface area contributed by atoms with Crippen molar-refractivity contribution in [2.45, 2.75) is 6.54 Å². The Bertz CT molecular complexity index is 984. The third-order valence-corrected chi connectivity index (χ3v) is 4.75. The maximum absolute atomic E-state index is 12.5. The van der Waals surface area contributed by atoms with E-state index in [1.54, 1.807) is 18.2 Å². The van der Waals surface area contributed by atoms with Crippen LogP contribution in [0.5, 0.6) is 0 Å². The number of imide groups is 1. The predicted molar refractivity (Wildman–Crippen MR) is 98.0 cm³/mol. The van der Waals surface area contributed by atoms with Gasteiger partial charge in [-0.3, -0.25) is 24.6 Å². The Labute approximate surface area is 157 Å². The lowest BCUT2D eigenvalue weighted by molar-refractivity contribution is -0.384. The van der Waals surface area contributed by atoms with E-state index in [9.17, 15) is 29.6 Å². The van der Waals surface area contributed by atoms with E-state index in [-0.39, 0.29) is 22.7 Å². The van der Waals surface area contributed by atoms with E-state index < -0.39 is 22.0 Å². The molecule has 8 nitrogen and oxygen atoms in total. The van der Waals surface area contributed by atoms with E-state index in [2.05, 4.69) is 0 Å². The van der Waals surface area contributed by atoms with E-state index in [4.69, 9.17) is 0 Å². The van der Waals surface area contributed by atoms with Crippen molar-refractivity contribution in [3.63, 3.8) is 0 Å². The number of amides is 2. The lowest BCUT2D eigenvalue weighted by Gasteiger charge is -2.12. The van der Waals surface area contributed by atoms with Crippen LogP contribution in [0.25, 0.3) is 6.08 Å². The molecule has 0 aromatic heterocycles. The first-order valence-electron chi connectivity index (χ1n) is 7.68. The molecular formula is C18H12N2O6S. The van der Waals surface area contributed by atoms with Gasteiger partial charge in [-0.15, -0.1) is 0 Å². The summed E-state index contributed by atoms with van der Waals surface area (Å²) >= 11 is 0.722. The van der Waals surface area contributed by atoms with E-state index >= 15 is 0 Å². The number of carboxylic acid groups (broad SMARTS) is 1. The van der Waals surface area contributed by atoms with Gasteiger partial charge < -0.3 is 5.11 Å². The topological polar surface area (TPSA) is 118 Å². The summed E-state index contributed by atoms with van der Waals surface area (Å²) in [4.78, 5) is 47.3. The fourth-order valence-corrected chi connectivity index (χ4v) is 3.33. The molecule has 27 heavy (non-hydrogen) atoms. The average molecular weight is 384 g/mol. The Morgan fingerprint density at radius 3 is 2.44 bits per heavy atom. The Morgan fingerprint density at radius 1 is 1.15 bits per heavy atom. The Hall–Kier alpha value is -3.46. The Kier molecular flexibility index (Phi) is 5.04. The number of carbonyl (C=O) groups excluding carboxylic acids is 2. The van der Waals surface area contributed by atoms with Crippen molar-refractivity contribution < 1.29 is 24.4 Å². The van der Waals surface area contributed by atoms with Crippen LogP contribution < -0.4 is 0 Å². The van der Waals surface area contributed by atoms with E-state index in [0.29, 0.717) is 11.1 Å². The molecule has 1 aliphatic heterocycles. The van der Waals surface area contributed by atoms with Crippen molar-refractivity contribution in [3.05, 3.63) is 80.2 Å². The number of hydrogen-bond donors (Lipinski definition) is 1. The van der Waals surface area contributed by atoms with Gasteiger partial charge in [-0.05, 0) is 35.0 Å². The SMILES string of the molecule is O=C(O)c1ccccc1/C=C1\SC(=O)N(Cc2ccc([N+](=O)[O-])cc2)C1=O. The maximum atomic E-state index is 12.5. The molecule has 2 aromatic rings. The molecule has 0 saturated carbocycles. The maximum Gasteiger partial charge on any atom is 0.336 e. The van der Waals surface area contributed by atoms with Gasteiger partial charge in [-0.2, -0.15) is 0 Å². The van der Waals surface area contributed by atoms with Crippen molar-refractivity contribution in [1.82, 2.24) is 4.90 Å². The van der Waals surface area contributed by atoms with Gasteiger partial charge in [0.2, 0.25) is 0 Å². The highest BCUT2D eigenvalue weighted by Gasteiger charge is 2.35. The van der Waals surface area contributed by atoms with E-state index in [1.807, 2.05) is 0 Å². The third kappa shape index (κ3) is 3.87. The van der Waals surface area contributed by atoms with Crippen LogP contribution in [0.1, 0.15) is 21.5 Å². The molecular weight excluding hydrogens is 372 g/mol. The van der Waals surface area contributed by atoms with Crippen LogP contribution in [0.3, 0.4) is 0 Å². The quantitative estimate of drug-likeness (QED) is 0.476. The molecule has 3 rings (SSSR count). The highest BCUT2D eigenvalue weighted by Crippen LogP contribution is 2.34. The highest BCUT2D eigenvalue weighted by atomic mass is 32.2. The summed E-state index contributed by atoms with van der Waals surface area (Å²) in [5.74, 6) is -1.67. The number of nitrogens with zero attached hydrogens (tertiary/aromatic N) is 2. The standard InChI is InChI=1S/C18H12N2O6S/c21-16-15(9-12-3-1-2-4-14(12)17(22)23)27-18(24)19(16)10-11-5-7-13(8-6-11)20(25)26/h1-9H,10H2,(H,22,23)/b15-9-. The smallest absolute Gasteiger partial charge is 0.336 e. The number of nitro benzene ring substituents is 1. The zero-order chi connectivity index (χ0) is 19.6. The molecule has 0 bridgehead atoms. The van der Waals surface area contributed by atoms with Crippen molar-refractivity contribution >= 4 is 40.6 Å². The summed E-state index contributed by atoms with van der Waals surface area (Å²) in [6, 6.07) is 11.7. The zero-order valence-corrected chi connectivity index (χ0v) is 14.5. The molecule has 0 unspecified atom stereocenters. The molecule has 136 valence electrons. The number of hydrogen-bond acceptors (Lipinski definition) is 6. The molecule has 2 aromatic carbocycles. The van der Waals surface area contributed by atoms with Crippen LogP contribution in [-0.2, 0) is 11.3 Å². The number of carbonyl (C=O) groups is 3. The number of carboxylic acids is 1. The van der Waals surface area contributed by atoms with Crippen molar-refractivity contribution in [2.75, 3.05) is 0 Å². The van der Waals surface area contributed by atoms with Gasteiger partial charge >= 0.3 is 5.97 Å². The zero-order valence-electron chi connectivity index (χ0n) is 13.7. The van der Waals surface area contributed by atoms with E-state index in [1.165, 1.54) is 36.4 Å². The predicted octanol–water partition coefficient (Wildman–Crippen LogP) is 3.53. The van der Waals surface area contributed by atoms with Gasteiger partial charge in [0.15, 0.2) is 0 Å². The second kappa shape index (κ2) is 7.42. The van der Waals surface area contributed by atoms with Crippen LogP contribution in [-0.4, -0.2) is 32.0 Å². The van der Waals surface area contributed by atoms with Crippen LogP contribution in [0.4, 0.5) is 10.5 Å². The number of benzene rings is 2. The van der Waals surface area contributed by atoms with Gasteiger partial charge in [-0.1, -0.05) is 30.3 Å². The lowest BCUT2D eigenvalue weighted by Crippen LogP contribution is -2.27. The average Bonchev–Trinajstić information content (AvgIpc) is 2.90. The molecule has 1 fully saturated rings. The van der Waals surface area contributed by atoms with Gasteiger partial charge in [0.25, 0.3) is 16.8 Å². The molecule has 9 heteroatoms. The first-order chi connectivity index (χ1) is 12.9. The fraction of sp³-hybridized carbons (Fsp3) is 0.0556.